The average molecular weight is 337 g/mol. The third kappa shape index (κ3) is 4.14. The Morgan fingerprint density at radius 1 is 1.38 bits per heavy atom. The van der Waals surface area contributed by atoms with Crippen molar-refractivity contribution in [2.45, 2.75) is 10.8 Å². The zero-order valence-corrected chi connectivity index (χ0v) is 13.2. The SMILES string of the molecule is N#Cc1ccc(S(=O)(=O)NCc2cc(C#CCN)cs2)s1. The summed E-state index contributed by atoms with van der Waals surface area (Å²) in [6.07, 6.45) is 0. The summed E-state index contributed by atoms with van der Waals surface area (Å²) in [6, 6.07) is 6.66. The zero-order valence-electron chi connectivity index (χ0n) is 10.8. The van der Waals surface area contributed by atoms with E-state index in [2.05, 4.69) is 16.6 Å². The van der Waals surface area contributed by atoms with Crippen molar-refractivity contribution < 1.29 is 8.42 Å². The standard InChI is InChI=1S/C13H11N3O2S3/c14-5-1-2-10-6-12(19-9-10)8-16-21(17,18)13-4-3-11(7-15)20-13/h3-4,6,9,16H,5,8,14H2. The fourth-order valence-corrected chi connectivity index (χ4v) is 4.46. The first-order chi connectivity index (χ1) is 10.0. The second-order valence-corrected chi connectivity index (χ2v) is 7.94. The molecule has 0 aromatic carbocycles. The van der Waals surface area contributed by atoms with Gasteiger partial charge in [-0.1, -0.05) is 11.8 Å². The normalized spacial score (nSPS) is 10.7. The van der Waals surface area contributed by atoms with Crippen LogP contribution in [0.5, 0.6) is 0 Å². The van der Waals surface area contributed by atoms with Gasteiger partial charge in [0.2, 0.25) is 10.0 Å². The van der Waals surface area contributed by atoms with E-state index in [0.717, 1.165) is 21.8 Å². The summed E-state index contributed by atoms with van der Waals surface area (Å²) in [5, 5.41) is 10.6. The van der Waals surface area contributed by atoms with Gasteiger partial charge < -0.3 is 5.73 Å². The summed E-state index contributed by atoms with van der Waals surface area (Å²) in [5.74, 6) is 5.63. The minimum absolute atomic E-state index is 0.138. The van der Waals surface area contributed by atoms with Crippen LogP contribution in [-0.2, 0) is 16.6 Å². The van der Waals surface area contributed by atoms with Crippen LogP contribution in [0.15, 0.2) is 27.8 Å². The largest absolute Gasteiger partial charge is 0.320 e. The fourth-order valence-electron chi connectivity index (χ4n) is 1.45. The lowest BCUT2D eigenvalue weighted by atomic mass is 10.3. The molecule has 2 rings (SSSR count). The van der Waals surface area contributed by atoms with Crippen molar-refractivity contribution in [3.63, 3.8) is 0 Å². The van der Waals surface area contributed by atoms with E-state index in [1.165, 1.54) is 23.5 Å². The smallest absolute Gasteiger partial charge is 0.250 e. The number of nitrogens with one attached hydrogen (secondary N) is 1. The topological polar surface area (TPSA) is 96.0 Å². The molecule has 108 valence electrons. The van der Waals surface area contributed by atoms with E-state index < -0.39 is 10.0 Å². The lowest BCUT2D eigenvalue weighted by Crippen LogP contribution is -2.21. The Labute approximate surface area is 131 Å². The van der Waals surface area contributed by atoms with Gasteiger partial charge in [-0.25, -0.2) is 13.1 Å². The van der Waals surface area contributed by atoms with Gasteiger partial charge in [0.15, 0.2) is 0 Å². The van der Waals surface area contributed by atoms with Gasteiger partial charge >= 0.3 is 0 Å². The molecule has 21 heavy (non-hydrogen) atoms. The van der Waals surface area contributed by atoms with Crippen molar-refractivity contribution in [1.29, 1.82) is 5.26 Å². The van der Waals surface area contributed by atoms with Crippen molar-refractivity contribution in [1.82, 2.24) is 4.72 Å². The second kappa shape index (κ2) is 6.85. The molecule has 0 aliphatic rings. The predicted octanol–water partition coefficient (Wildman–Crippen LogP) is 1.47. The molecule has 0 fully saturated rings. The van der Waals surface area contributed by atoms with Gasteiger partial charge in [0, 0.05) is 22.4 Å². The van der Waals surface area contributed by atoms with Crippen molar-refractivity contribution in [3.8, 4) is 17.9 Å². The molecule has 0 saturated carbocycles. The molecule has 8 heteroatoms. The minimum atomic E-state index is -3.59. The molecule has 2 heterocycles. The van der Waals surface area contributed by atoms with E-state index in [1.807, 2.05) is 17.5 Å². The maximum atomic E-state index is 12.1. The van der Waals surface area contributed by atoms with Gasteiger partial charge in [0.05, 0.1) is 6.54 Å². The van der Waals surface area contributed by atoms with Crippen molar-refractivity contribution in [2.24, 2.45) is 5.73 Å². The molecular weight excluding hydrogens is 326 g/mol. The van der Waals surface area contributed by atoms with Crippen LogP contribution in [0.25, 0.3) is 0 Å². The highest BCUT2D eigenvalue weighted by atomic mass is 32.2. The Hall–Kier alpha value is -1.68. The summed E-state index contributed by atoms with van der Waals surface area (Å²) >= 11 is 2.37. The van der Waals surface area contributed by atoms with Gasteiger partial charge in [-0.2, -0.15) is 5.26 Å². The van der Waals surface area contributed by atoms with Crippen LogP contribution in [0.2, 0.25) is 0 Å². The third-order valence-corrected chi connectivity index (χ3v) is 6.20. The molecule has 2 aromatic rings. The van der Waals surface area contributed by atoms with Crippen LogP contribution >= 0.6 is 22.7 Å². The molecule has 2 aromatic heterocycles. The molecule has 0 radical (unpaired) electrons. The van der Waals surface area contributed by atoms with Crippen LogP contribution in [-0.4, -0.2) is 15.0 Å². The van der Waals surface area contributed by atoms with E-state index in [0.29, 0.717) is 4.88 Å². The molecule has 0 aliphatic carbocycles. The molecule has 0 bridgehead atoms. The molecule has 0 unspecified atom stereocenters. The third-order valence-electron chi connectivity index (χ3n) is 2.38. The molecule has 0 atom stereocenters. The highest BCUT2D eigenvalue weighted by molar-refractivity contribution is 7.91. The fraction of sp³-hybridized carbons (Fsp3) is 0.154. The average Bonchev–Trinajstić information content (AvgIpc) is 3.12. The van der Waals surface area contributed by atoms with Crippen molar-refractivity contribution >= 4 is 32.7 Å². The summed E-state index contributed by atoms with van der Waals surface area (Å²) in [4.78, 5) is 1.22. The molecule has 5 nitrogen and oxygen atoms in total. The minimum Gasteiger partial charge on any atom is -0.320 e. The predicted molar refractivity (Wildman–Crippen MR) is 83.3 cm³/mol. The quantitative estimate of drug-likeness (QED) is 0.826. The number of hydrogen-bond acceptors (Lipinski definition) is 6. The van der Waals surface area contributed by atoms with E-state index >= 15 is 0 Å². The lowest BCUT2D eigenvalue weighted by molar-refractivity contribution is 0.584. The Morgan fingerprint density at radius 2 is 2.19 bits per heavy atom. The van der Waals surface area contributed by atoms with Crippen LogP contribution in [0, 0.1) is 23.2 Å². The maximum absolute atomic E-state index is 12.1. The first kappa shape index (κ1) is 15.7. The Balaban J connectivity index is 2.05. The molecule has 3 N–H and O–H groups in total. The lowest BCUT2D eigenvalue weighted by Gasteiger charge is -2.02. The monoisotopic (exact) mass is 337 g/mol. The van der Waals surface area contributed by atoms with E-state index in [4.69, 9.17) is 11.0 Å². The van der Waals surface area contributed by atoms with Crippen molar-refractivity contribution in [2.75, 3.05) is 6.54 Å². The first-order valence-electron chi connectivity index (χ1n) is 5.81. The highest BCUT2D eigenvalue weighted by Gasteiger charge is 2.16. The van der Waals surface area contributed by atoms with Gasteiger partial charge in [-0.15, -0.1) is 22.7 Å². The summed E-state index contributed by atoms with van der Waals surface area (Å²) in [6.45, 7) is 0.481. The Kier molecular flexibility index (Phi) is 5.12. The molecule has 0 amide bonds. The van der Waals surface area contributed by atoms with Crippen LogP contribution < -0.4 is 10.5 Å². The number of sulfonamides is 1. The molecule has 0 spiro atoms. The maximum Gasteiger partial charge on any atom is 0.250 e. The molecule has 0 aliphatic heterocycles. The zero-order chi connectivity index (χ0) is 15.3. The number of thiophene rings is 2. The Morgan fingerprint density at radius 3 is 2.86 bits per heavy atom. The number of nitrogens with two attached hydrogens (primary N) is 1. The van der Waals surface area contributed by atoms with Gasteiger partial charge in [-0.05, 0) is 18.2 Å². The van der Waals surface area contributed by atoms with Gasteiger partial charge in [0.1, 0.15) is 15.2 Å². The number of rotatable bonds is 4. The summed E-state index contributed by atoms with van der Waals surface area (Å²) in [7, 11) is -3.59. The van der Waals surface area contributed by atoms with Crippen LogP contribution in [0.1, 0.15) is 15.3 Å². The van der Waals surface area contributed by atoms with Crippen molar-refractivity contribution in [3.05, 3.63) is 38.9 Å². The number of hydrogen-bond donors (Lipinski definition) is 2. The number of nitriles is 1. The first-order valence-corrected chi connectivity index (χ1v) is 8.99. The highest BCUT2D eigenvalue weighted by Crippen LogP contribution is 2.21. The van der Waals surface area contributed by atoms with E-state index in [1.54, 1.807) is 0 Å². The van der Waals surface area contributed by atoms with E-state index in [-0.39, 0.29) is 17.3 Å². The van der Waals surface area contributed by atoms with Gasteiger partial charge in [-0.3, -0.25) is 0 Å². The van der Waals surface area contributed by atoms with Gasteiger partial charge in [0.25, 0.3) is 0 Å². The molecule has 0 saturated heterocycles. The Bertz CT molecular complexity index is 832. The second-order valence-electron chi connectivity index (χ2n) is 3.86. The van der Waals surface area contributed by atoms with Crippen LogP contribution in [0.3, 0.4) is 0 Å². The molecular formula is C13H11N3O2S3. The summed E-state index contributed by atoms with van der Waals surface area (Å²) < 4.78 is 26.8. The number of nitrogens with zero attached hydrogens (tertiary/aromatic N) is 1. The van der Waals surface area contributed by atoms with Crippen LogP contribution in [0.4, 0.5) is 0 Å². The summed E-state index contributed by atoms with van der Waals surface area (Å²) in [5.41, 5.74) is 6.11. The van der Waals surface area contributed by atoms with E-state index in [9.17, 15) is 8.42 Å².